The minimum absolute atomic E-state index is 0.168. The van der Waals surface area contributed by atoms with E-state index >= 15 is 0 Å². The highest BCUT2D eigenvalue weighted by molar-refractivity contribution is 7.98. The smallest absolute Gasteiger partial charge is 0.309 e. The van der Waals surface area contributed by atoms with E-state index in [1.54, 1.807) is 26.0 Å². The van der Waals surface area contributed by atoms with Gasteiger partial charge in [0, 0.05) is 10.5 Å². The van der Waals surface area contributed by atoms with Gasteiger partial charge in [0.25, 0.3) is 0 Å². The van der Waals surface area contributed by atoms with Crippen molar-refractivity contribution in [3.05, 3.63) is 23.8 Å². The van der Waals surface area contributed by atoms with Crippen LogP contribution < -0.4 is 0 Å². The summed E-state index contributed by atoms with van der Waals surface area (Å²) >= 11 is 1.51. The van der Waals surface area contributed by atoms with Crippen molar-refractivity contribution in [2.75, 3.05) is 6.26 Å². The van der Waals surface area contributed by atoms with Crippen LogP contribution in [0.4, 0.5) is 0 Å². The summed E-state index contributed by atoms with van der Waals surface area (Å²) in [5, 5.41) is 18.8. The molecule has 16 heavy (non-hydrogen) atoms. The first-order chi connectivity index (χ1) is 7.38. The molecule has 0 spiro atoms. The van der Waals surface area contributed by atoms with Crippen LogP contribution in [0.5, 0.6) is 5.75 Å². The van der Waals surface area contributed by atoms with Gasteiger partial charge in [-0.15, -0.1) is 11.8 Å². The summed E-state index contributed by atoms with van der Waals surface area (Å²) in [5.41, 5.74) is -0.161. The Morgan fingerprint density at radius 3 is 2.56 bits per heavy atom. The van der Waals surface area contributed by atoms with Gasteiger partial charge in [0.15, 0.2) is 0 Å². The molecule has 1 rings (SSSR count). The van der Waals surface area contributed by atoms with Gasteiger partial charge in [0.2, 0.25) is 0 Å². The molecule has 0 aliphatic carbocycles. The van der Waals surface area contributed by atoms with Crippen molar-refractivity contribution in [1.29, 1.82) is 0 Å². The molecule has 0 saturated carbocycles. The number of benzene rings is 1. The molecule has 3 nitrogen and oxygen atoms in total. The monoisotopic (exact) mass is 240 g/mol. The number of hydrogen-bond acceptors (Lipinski definition) is 3. The van der Waals surface area contributed by atoms with Crippen LogP contribution in [0.15, 0.2) is 23.1 Å². The second-order valence-corrected chi connectivity index (χ2v) is 5.17. The number of aromatic hydroxyl groups is 1. The van der Waals surface area contributed by atoms with Crippen molar-refractivity contribution in [1.82, 2.24) is 0 Å². The topological polar surface area (TPSA) is 57.5 Å². The van der Waals surface area contributed by atoms with E-state index in [1.807, 2.05) is 12.3 Å². The lowest BCUT2D eigenvalue weighted by molar-refractivity contribution is -0.146. The molecule has 88 valence electrons. The van der Waals surface area contributed by atoms with E-state index in [1.165, 1.54) is 11.8 Å². The highest BCUT2D eigenvalue weighted by atomic mass is 32.2. The predicted molar refractivity (Wildman–Crippen MR) is 65.0 cm³/mol. The van der Waals surface area contributed by atoms with Crippen molar-refractivity contribution in [2.24, 2.45) is 5.41 Å². The predicted octanol–water partition coefficient (Wildman–Crippen LogP) is 2.77. The van der Waals surface area contributed by atoms with Gasteiger partial charge in [-0.05, 0) is 38.7 Å². The molecule has 0 unspecified atom stereocenters. The van der Waals surface area contributed by atoms with Crippen LogP contribution in [-0.2, 0) is 11.2 Å². The van der Waals surface area contributed by atoms with Crippen molar-refractivity contribution >= 4 is 17.7 Å². The Hall–Kier alpha value is -1.16. The lowest BCUT2D eigenvalue weighted by Crippen LogP contribution is -2.26. The molecule has 0 aliphatic rings. The molecule has 0 aromatic heterocycles. The Balaban J connectivity index is 3.09. The van der Waals surface area contributed by atoms with Crippen LogP contribution in [0.3, 0.4) is 0 Å². The van der Waals surface area contributed by atoms with Crippen LogP contribution in [0, 0.1) is 5.41 Å². The van der Waals surface area contributed by atoms with E-state index in [0.29, 0.717) is 12.0 Å². The summed E-state index contributed by atoms with van der Waals surface area (Å²) < 4.78 is 0. The molecule has 1 aromatic carbocycles. The number of carbonyl (C=O) groups is 1. The lowest BCUT2D eigenvalue weighted by atomic mass is 9.85. The van der Waals surface area contributed by atoms with Crippen molar-refractivity contribution in [3.63, 3.8) is 0 Å². The molecule has 0 bridgehead atoms. The molecule has 0 amide bonds. The van der Waals surface area contributed by atoms with Gasteiger partial charge in [-0.25, -0.2) is 0 Å². The Bertz CT molecular complexity index is 399. The maximum absolute atomic E-state index is 11.0. The average molecular weight is 240 g/mol. The van der Waals surface area contributed by atoms with Gasteiger partial charge in [0.1, 0.15) is 5.75 Å². The van der Waals surface area contributed by atoms with E-state index in [2.05, 4.69) is 0 Å². The summed E-state index contributed by atoms with van der Waals surface area (Å²) in [7, 11) is 0. The fourth-order valence-electron chi connectivity index (χ4n) is 1.44. The normalized spacial score (nSPS) is 11.4. The Morgan fingerprint density at radius 1 is 1.44 bits per heavy atom. The van der Waals surface area contributed by atoms with Gasteiger partial charge >= 0.3 is 5.97 Å². The number of phenolic OH excluding ortho intramolecular Hbond substituents is 1. The quantitative estimate of drug-likeness (QED) is 0.794. The van der Waals surface area contributed by atoms with Gasteiger partial charge in [-0.3, -0.25) is 4.79 Å². The number of carboxylic acids is 1. The lowest BCUT2D eigenvalue weighted by Gasteiger charge is -2.21. The third-order valence-corrected chi connectivity index (χ3v) is 3.35. The summed E-state index contributed by atoms with van der Waals surface area (Å²) in [6.45, 7) is 3.32. The van der Waals surface area contributed by atoms with Gasteiger partial charge in [-0.1, -0.05) is 6.07 Å². The molecule has 0 aliphatic heterocycles. The first kappa shape index (κ1) is 12.9. The van der Waals surface area contributed by atoms with Gasteiger partial charge in [0.05, 0.1) is 5.41 Å². The highest BCUT2D eigenvalue weighted by Gasteiger charge is 2.29. The van der Waals surface area contributed by atoms with Crippen LogP contribution in [-0.4, -0.2) is 22.4 Å². The number of carboxylic acid groups (broad SMARTS) is 1. The summed E-state index contributed by atoms with van der Waals surface area (Å²) in [6, 6.07) is 5.24. The zero-order chi connectivity index (χ0) is 12.3. The first-order valence-corrected chi connectivity index (χ1v) is 6.19. The second kappa shape index (κ2) is 4.78. The molecule has 0 heterocycles. The summed E-state index contributed by atoms with van der Waals surface area (Å²) in [4.78, 5) is 12.0. The van der Waals surface area contributed by atoms with Crippen molar-refractivity contribution in [2.45, 2.75) is 25.2 Å². The van der Waals surface area contributed by atoms with Crippen LogP contribution in [0.2, 0.25) is 0 Å². The van der Waals surface area contributed by atoms with E-state index in [9.17, 15) is 9.90 Å². The van der Waals surface area contributed by atoms with Crippen LogP contribution in [0.1, 0.15) is 19.4 Å². The fourth-order valence-corrected chi connectivity index (χ4v) is 2.08. The summed E-state index contributed by atoms with van der Waals surface area (Å²) in [5.74, 6) is -0.691. The fraction of sp³-hybridized carbons (Fsp3) is 0.417. The van der Waals surface area contributed by atoms with E-state index in [-0.39, 0.29) is 5.75 Å². The Kier molecular flexibility index (Phi) is 3.86. The second-order valence-electron chi connectivity index (χ2n) is 4.32. The molecule has 0 atom stereocenters. The Morgan fingerprint density at radius 2 is 2.06 bits per heavy atom. The maximum Gasteiger partial charge on any atom is 0.309 e. The zero-order valence-corrected chi connectivity index (χ0v) is 10.5. The van der Waals surface area contributed by atoms with Crippen LogP contribution in [0.25, 0.3) is 0 Å². The molecular formula is C12H16O3S. The van der Waals surface area contributed by atoms with Crippen LogP contribution >= 0.6 is 11.8 Å². The van der Waals surface area contributed by atoms with Crippen molar-refractivity contribution < 1.29 is 15.0 Å². The SMILES string of the molecule is CSc1cccc(O)c1CC(C)(C)C(=O)O. The Labute approximate surface area is 99.5 Å². The standard InChI is InChI=1S/C12H16O3S/c1-12(2,11(14)15)7-8-9(13)5-4-6-10(8)16-3/h4-6,13H,7H2,1-3H3,(H,14,15). The zero-order valence-electron chi connectivity index (χ0n) is 9.65. The molecule has 0 saturated heterocycles. The third kappa shape index (κ3) is 2.70. The maximum atomic E-state index is 11.0. The van der Waals surface area contributed by atoms with Crippen molar-refractivity contribution in [3.8, 4) is 5.75 Å². The molecule has 0 radical (unpaired) electrons. The number of hydrogen-bond donors (Lipinski definition) is 2. The van der Waals surface area contributed by atoms with E-state index in [0.717, 1.165) is 4.90 Å². The minimum Gasteiger partial charge on any atom is -0.508 e. The van der Waals surface area contributed by atoms with E-state index < -0.39 is 11.4 Å². The number of aliphatic carboxylic acids is 1. The third-order valence-electron chi connectivity index (χ3n) is 2.53. The van der Waals surface area contributed by atoms with Gasteiger partial charge in [-0.2, -0.15) is 0 Å². The number of phenols is 1. The molecule has 4 heteroatoms. The first-order valence-electron chi connectivity index (χ1n) is 4.96. The van der Waals surface area contributed by atoms with E-state index in [4.69, 9.17) is 5.11 Å². The molecule has 0 fully saturated rings. The highest BCUT2D eigenvalue weighted by Crippen LogP contribution is 2.33. The number of rotatable bonds is 4. The average Bonchev–Trinajstić information content (AvgIpc) is 2.20. The summed E-state index contributed by atoms with van der Waals surface area (Å²) in [6.07, 6.45) is 2.23. The minimum atomic E-state index is -0.872. The largest absolute Gasteiger partial charge is 0.508 e. The molecular weight excluding hydrogens is 224 g/mol. The van der Waals surface area contributed by atoms with Gasteiger partial charge < -0.3 is 10.2 Å². The molecule has 2 N–H and O–H groups in total. The molecule has 1 aromatic rings. The number of thioether (sulfide) groups is 1.